The maximum Gasteiger partial charge on any atom is 0.107 e. The molecule has 0 heterocycles. The number of rotatable bonds is 9. The van der Waals surface area contributed by atoms with Gasteiger partial charge < -0.3 is 10.2 Å². The van der Waals surface area contributed by atoms with Crippen LogP contribution in [0.2, 0.25) is 5.02 Å². The number of allylic oxidation sites excluding steroid dienone is 2. The third-order valence-corrected chi connectivity index (χ3v) is 6.70. The smallest absolute Gasteiger partial charge is 0.107 e. The first-order valence-corrected chi connectivity index (χ1v) is 12.3. The molecule has 1 atom stereocenters. The minimum atomic E-state index is -0.437. The number of nitrogens with one attached hydrogen (secondary N) is 1. The Kier molecular flexibility index (Phi) is 7.77. The molecule has 180 valence electrons. The molecule has 0 aromatic heterocycles. The molecule has 0 aliphatic heterocycles. The molecule has 4 rings (SSSR count). The van der Waals surface area contributed by atoms with Crippen molar-refractivity contribution in [1.82, 2.24) is 0 Å². The molecule has 2 nitrogen and oxygen atoms in total. The van der Waals surface area contributed by atoms with Crippen LogP contribution in [0.4, 0.5) is 15.8 Å². The highest BCUT2D eigenvalue weighted by Crippen LogP contribution is 2.37. The van der Waals surface area contributed by atoms with Gasteiger partial charge in [-0.15, -0.1) is 0 Å². The number of alkyl halides is 1. The van der Waals surface area contributed by atoms with E-state index in [2.05, 4.69) is 79.2 Å². The van der Waals surface area contributed by atoms with Crippen molar-refractivity contribution < 1.29 is 4.39 Å². The second kappa shape index (κ2) is 11.0. The van der Waals surface area contributed by atoms with E-state index < -0.39 is 6.67 Å². The lowest BCUT2D eigenvalue weighted by Crippen LogP contribution is -2.34. The van der Waals surface area contributed by atoms with Gasteiger partial charge in [0, 0.05) is 18.1 Å². The highest BCUT2D eigenvalue weighted by molar-refractivity contribution is 6.30. The van der Waals surface area contributed by atoms with Gasteiger partial charge in [-0.3, -0.25) is 0 Å². The predicted octanol–water partition coefficient (Wildman–Crippen LogP) is 8.70. The van der Waals surface area contributed by atoms with Gasteiger partial charge in [-0.1, -0.05) is 90.5 Å². The Morgan fingerprint density at radius 3 is 2.57 bits per heavy atom. The Hall–Kier alpha value is -3.30. The van der Waals surface area contributed by atoms with Gasteiger partial charge in [-0.2, -0.15) is 0 Å². The van der Waals surface area contributed by atoms with Gasteiger partial charge in [0.05, 0.1) is 16.9 Å². The van der Waals surface area contributed by atoms with Crippen molar-refractivity contribution in [3.05, 3.63) is 113 Å². The van der Waals surface area contributed by atoms with Gasteiger partial charge in [0.1, 0.15) is 6.67 Å². The number of halogens is 2. The SMILES string of the molecule is C=Cc1ccccc1-c1ccc(N(CCF)Cc2ccc(Cl)cc2)c(NC2(C)C=CC(C)=CC2)c1. The summed E-state index contributed by atoms with van der Waals surface area (Å²) in [6.45, 7) is 8.74. The van der Waals surface area contributed by atoms with E-state index in [1.54, 1.807) is 0 Å². The third kappa shape index (κ3) is 6.04. The van der Waals surface area contributed by atoms with Crippen LogP contribution in [0.15, 0.2) is 97.1 Å². The van der Waals surface area contributed by atoms with Crippen LogP contribution < -0.4 is 10.2 Å². The van der Waals surface area contributed by atoms with Crippen LogP contribution in [-0.4, -0.2) is 18.8 Å². The molecule has 1 aliphatic carbocycles. The first kappa shape index (κ1) is 24.8. The Morgan fingerprint density at radius 2 is 1.89 bits per heavy atom. The molecule has 1 unspecified atom stereocenters. The summed E-state index contributed by atoms with van der Waals surface area (Å²) in [4.78, 5) is 2.09. The van der Waals surface area contributed by atoms with Gasteiger partial charge >= 0.3 is 0 Å². The lowest BCUT2D eigenvalue weighted by molar-refractivity contribution is 0.489. The summed E-state index contributed by atoms with van der Waals surface area (Å²) in [6, 6.07) is 22.4. The molecule has 0 radical (unpaired) electrons. The topological polar surface area (TPSA) is 15.3 Å². The molecule has 4 heteroatoms. The first-order chi connectivity index (χ1) is 16.9. The molecular weight excluding hydrogens is 455 g/mol. The van der Waals surface area contributed by atoms with E-state index in [9.17, 15) is 4.39 Å². The van der Waals surface area contributed by atoms with Crippen LogP contribution in [0, 0.1) is 0 Å². The van der Waals surface area contributed by atoms with Crippen LogP contribution in [0.5, 0.6) is 0 Å². The summed E-state index contributed by atoms with van der Waals surface area (Å²) < 4.78 is 13.7. The van der Waals surface area contributed by atoms with E-state index in [4.69, 9.17) is 11.6 Å². The van der Waals surface area contributed by atoms with Gasteiger partial charge in [-0.05, 0) is 66.8 Å². The highest BCUT2D eigenvalue weighted by atomic mass is 35.5. The van der Waals surface area contributed by atoms with E-state index >= 15 is 0 Å². The second-order valence-electron chi connectivity index (χ2n) is 9.29. The van der Waals surface area contributed by atoms with E-state index in [1.807, 2.05) is 42.5 Å². The molecule has 1 N–H and O–H groups in total. The average molecular weight is 487 g/mol. The van der Waals surface area contributed by atoms with Crippen molar-refractivity contribution in [2.24, 2.45) is 0 Å². The zero-order chi connectivity index (χ0) is 24.8. The van der Waals surface area contributed by atoms with E-state index in [1.165, 1.54) is 5.57 Å². The molecule has 35 heavy (non-hydrogen) atoms. The molecule has 0 amide bonds. The van der Waals surface area contributed by atoms with Crippen molar-refractivity contribution in [2.75, 3.05) is 23.4 Å². The van der Waals surface area contributed by atoms with Crippen LogP contribution >= 0.6 is 11.6 Å². The Morgan fingerprint density at radius 1 is 1.11 bits per heavy atom. The van der Waals surface area contributed by atoms with Crippen molar-refractivity contribution >= 4 is 29.1 Å². The van der Waals surface area contributed by atoms with Crippen LogP contribution in [0.25, 0.3) is 17.2 Å². The highest BCUT2D eigenvalue weighted by Gasteiger charge is 2.24. The summed E-state index contributed by atoms with van der Waals surface area (Å²) in [7, 11) is 0. The fraction of sp³-hybridized carbons (Fsp3) is 0.226. The Labute approximate surface area is 213 Å². The van der Waals surface area contributed by atoms with Gasteiger partial charge in [0.25, 0.3) is 0 Å². The van der Waals surface area contributed by atoms with Crippen molar-refractivity contribution in [3.63, 3.8) is 0 Å². The monoisotopic (exact) mass is 486 g/mol. The number of anilines is 2. The zero-order valence-electron chi connectivity index (χ0n) is 20.4. The first-order valence-electron chi connectivity index (χ1n) is 12.0. The van der Waals surface area contributed by atoms with E-state index in [0.29, 0.717) is 18.1 Å². The zero-order valence-corrected chi connectivity index (χ0v) is 21.2. The molecule has 3 aromatic rings. The summed E-state index contributed by atoms with van der Waals surface area (Å²) in [5.74, 6) is 0. The van der Waals surface area contributed by atoms with Crippen LogP contribution in [0.1, 0.15) is 31.4 Å². The fourth-order valence-corrected chi connectivity index (χ4v) is 4.57. The lowest BCUT2D eigenvalue weighted by atomic mass is 9.90. The fourth-order valence-electron chi connectivity index (χ4n) is 4.44. The van der Waals surface area contributed by atoms with Crippen LogP contribution in [-0.2, 0) is 6.54 Å². The third-order valence-electron chi connectivity index (χ3n) is 6.45. The molecule has 0 saturated heterocycles. The molecule has 0 bridgehead atoms. The van der Waals surface area contributed by atoms with Gasteiger partial charge in [0.15, 0.2) is 0 Å². The number of hydrogen-bond acceptors (Lipinski definition) is 2. The maximum absolute atomic E-state index is 13.7. The van der Waals surface area contributed by atoms with E-state index in [0.717, 1.165) is 40.0 Å². The van der Waals surface area contributed by atoms with E-state index in [-0.39, 0.29) is 5.54 Å². The largest absolute Gasteiger partial charge is 0.374 e. The van der Waals surface area contributed by atoms with Gasteiger partial charge in [0.2, 0.25) is 0 Å². The van der Waals surface area contributed by atoms with Gasteiger partial charge in [-0.25, -0.2) is 4.39 Å². The van der Waals surface area contributed by atoms with Crippen molar-refractivity contribution in [3.8, 4) is 11.1 Å². The molecule has 3 aromatic carbocycles. The quantitative estimate of drug-likeness (QED) is 0.325. The molecule has 0 spiro atoms. The molecule has 0 saturated carbocycles. The minimum absolute atomic E-state index is 0.244. The standard InChI is InChI=1S/C31H32ClFN2/c1-4-25-7-5-6-8-28(25)26-11-14-30(29(21-26)34-31(3)17-15-23(2)16-18-31)35(20-19-33)22-24-9-12-27(32)13-10-24/h4-17,21,34H,1,18-20,22H2,2-3H3. The summed E-state index contributed by atoms with van der Waals surface area (Å²) in [6.07, 6.45) is 9.37. The predicted molar refractivity (Wildman–Crippen MR) is 150 cm³/mol. The molecule has 0 fully saturated rings. The summed E-state index contributed by atoms with van der Waals surface area (Å²) >= 11 is 6.08. The normalized spacial score (nSPS) is 17.1. The molecular formula is C31H32ClFN2. The number of hydrogen-bond donors (Lipinski definition) is 1. The lowest BCUT2D eigenvalue weighted by Gasteiger charge is -2.34. The molecule has 1 aliphatic rings. The Balaban J connectivity index is 1.77. The van der Waals surface area contributed by atoms with Crippen molar-refractivity contribution in [2.45, 2.75) is 32.4 Å². The second-order valence-corrected chi connectivity index (χ2v) is 9.72. The van der Waals surface area contributed by atoms with Crippen LogP contribution in [0.3, 0.4) is 0 Å². The van der Waals surface area contributed by atoms with Crippen molar-refractivity contribution in [1.29, 1.82) is 0 Å². The summed E-state index contributed by atoms with van der Waals surface area (Å²) in [5.41, 5.74) is 7.34. The number of benzene rings is 3. The Bertz CT molecular complexity index is 1250. The average Bonchev–Trinajstić information content (AvgIpc) is 2.87. The minimum Gasteiger partial charge on any atom is -0.374 e. The number of nitrogens with zero attached hydrogens (tertiary/aromatic N) is 1. The maximum atomic E-state index is 13.7. The summed E-state index contributed by atoms with van der Waals surface area (Å²) in [5, 5.41) is 4.48.